The van der Waals surface area contributed by atoms with Crippen molar-refractivity contribution in [1.82, 2.24) is 24.5 Å². The summed E-state index contributed by atoms with van der Waals surface area (Å²) in [4.78, 5) is 41.7. The van der Waals surface area contributed by atoms with Crippen LogP contribution in [0.2, 0.25) is 0 Å². The second-order valence-electron chi connectivity index (χ2n) is 6.01. The molecule has 3 rings (SSSR count). The van der Waals surface area contributed by atoms with E-state index in [2.05, 4.69) is 25.3 Å². The van der Waals surface area contributed by atoms with Crippen LogP contribution in [-0.4, -0.2) is 30.4 Å². The summed E-state index contributed by atoms with van der Waals surface area (Å²) in [6, 6.07) is 4.94. The fraction of sp³-hybridized carbons (Fsp3) is 0.222. The van der Waals surface area contributed by atoms with Crippen LogP contribution < -0.4 is 10.7 Å². The average molecular weight is 350 g/mol. The summed E-state index contributed by atoms with van der Waals surface area (Å²) in [6.07, 6.45) is 2.94. The van der Waals surface area contributed by atoms with Gasteiger partial charge in [0.15, 0.2) is 5.43 Å². The topological polar surface area (TPSA) is 103 Å². The number of carbonyl (C=O) groups is 1. The van der Waals surface area contributed by atoms with E-state index in [0.717, 1.165) is 22.8 Å². The molecular formula is C18H18N6O2. The molecule has 1 amide bonds. The van der Waals surface area contributed by atoms with Gasteiger partial charge in [-0.3, -0.25) is 19.5 Å². The molecular weight excluding hydrogens is 332 g/mol. The van der Waals surface area contributed by atoms with E-state index >= 15 is 0 Å². The van der Waals surface area contributed by atoms with Gasteiger partial charge in [-0.05, 0) is 39.8 Å². The molecule has 0 saturated carbocycles. The predicted molar refractivity (Wildman–Crippen MR) is 96.6 cm³/mol. The van der Waals surface area contributed by atoms with Gasteiger partial charge in [-0.2, -0.15) is 0 Å². The van der Waals surface area contributed by atoms with E-state index in [4.69, 9.17) is 0 Å². The van der Waals surface area contributed by atoms with Crippen LogP contribution in [-0.2, 0) is 0 Å². The first-order valence-electron chi connectivity index (χ1n) is 8.00. The first-order valence-corrected chi connectivity index (χ1v) is 8.00. The van der Waals surface area contributed by atoms with Gasteiger partial charge in [0.1, 0.15) is 5.56 Å². The molecule has 8 nitrogen and oxygen atoms in total. The van der Waals surface area contributed by atoms with Crippen molar-refractivity contribution in [2.75, 3.05) is 5.32 Å². The van der Waals surface area contributed by atoms with Gasteiger partial charge in [0.2, 0.25) is 11.9 Å². The predicted octanol–water partition coefficient (Wildman–Crippen LogP) is 1.90. The molecule has 0 radical (unpaired) electrons. The van der Waals surface area contributed by atoms with E-state index < -0.39 is 11.3 Å². The molecule has 0 spiro atoms. The molecule has 0 aromatic carbocycles. The van der Waals surface area contributed by atoms with Gasteiger partial charge < -0.3 is 0 Å². The molecule has 132 valence electrons. The minimum atomic E-state index is -0.585. The van der Waals surface area contributed by atoms with Crippen molar-refractivity contribution in [2.24, 2.45) is 0 Å². The van der Waals surface area contributed by atoms with Crippen molar-refractivity contribution in [2.45, 2.75) is 27.7 Å². The Bertz CT molecular complexity index is 1020. The molecule has 1 N–H and O–H groups in total. The quantitative estimate of drug-likeness (QED) is 0.774. The van der Waals surface area contributed by atoms with Crippen molar-refractivity contribution < 1.29 is 4.79 Å². The highest BCUT2D eigenvalue weighted by atomic mass is 16.2. The molecule has 0 aliphatic carbocycles. The Balaban J connectivity index is 1.97. The monoisotopic (exact) mass is 350 g/mol. The minimum absolute atomic E-state index is 0.0435. The molecule has 0 atom stereocenters. The maximum atomic E-state index is 12.5. The molecule has 3 aromatic heterocycles. The van der Waals surface area contributed by atoms with E-state index in [0.29, 0.717) is 5.95 Å². The number of carbonyl (C=O) groups excluding carboxylic acids is 1. The molecule has 8 heteroatoms. The van der Waals surface area contributed by atoms with Gasteiger partial charge in [0.05, 0.1) is 0 Å². The standard InChI is InChI=1S/C18H18N6O2/c1-10-7-11(2)20-17(19-10)23-16(26)14-9-24(6-5-15(14)25)18-21-12(3)8-13(4)22-18/h5-9H,1-4H3,(H,19,20,23,26). The summed E-state index contributed by atoms with van der Waals surface area (Å²) >= 11 is 0. The van der Waals surface area contributed by atoms with Crippen molar-refractivity contribution in [3.8, 4) is 5.95 Å². The maximum absolute atomic E-state index is 12.5. The van der Waals surface area contributed by atoms with Crippen LogP contribution in [0, 0.1) is 27.7 Å². The van der Waals surface area contributed by atoms with Gasteiger partial charge in [-0.25, -0.2) is 19.9 Å². The zero-order valence-corrected chi connectivity index (χ0v) is 14.9. The third-order valence-corrected chi connectivity index (χ3v) is 3.57. The number of rotatable bonds is 3. The first-order chi connectivity index (χ1) is 12.3. The summed E-state index contributed by atoms with van der Waals surface area (Å²) in [7, 11) is 0. The lowest BCUT2D eigenvalue weighted by atomic mass is 10.2. The van der Waals surface area contributed by atoms with Crippen molar-refractivity contribution in [1.29, 1.82) is 0 Å². The third kappa shape index (κ3) is 3.80. The Morgan fingerprint density at radius 2 is 1.46 bits per heavy atom. The fourth-order valence-corrected chi connectivity index (χ4v) is 2.55. The van der Waals surface area contributed by atoms with E-state index in [-0.39, 0.29) is 11.5 Å². The lowest BCUT2D eigenvalue weighted by molar-refractivity contribution is 0.102. The minimum Gasteiger partial charge on any atom is -0.292 e. The maximum Gasteiger partial charge on any atom is 0.263 e. The molecule has 3 aromatic rings. The summed E-state index contributed by atoms with van der Waals surface area (Å²) in [5.41, 5.74) is 2.58. The lowest BCUT2D eigenvalue weighted by Gasteiger charge is -2.09. The Labute approximate surface area is 150 Å². The zero-order chi connectivity index (χ0) is 18.8. The molecule has 0 aliphatic heterocycles. The molecule has 0 aliphatic rings. The van der Waals surface area contributed by atoms with Gasteiger partial charge in [-0.1, -0.05) is 0 Å². The Kier molecular flexibility index (Phi) is 4.57. The van der Waals surface area contributed by atoms with Crippen LogP contribution in [0.15, 0.2) is 35.4 Å². The molecule has 0 bridgehead atoms. The number of pyridine rings is 1. The smallest absolute Gasteiger partial charge is 0.263 e. The van der Waals surface area contributed by atoms with Crippen LogP contribution in [0.1, 0.15) is 33.1 Å². The molecule has 3 heterocycles. The molecule has 0 unspecified atom stereocenters. The zero-order valence-electron chi connectivity index (χ0n) is 14.9. The summed E-state index contributed by atoms with van der Waals surface area (Å²) in [6.45, 7) is 7.31. The first kappa shape index (κ1) is 17.4. The van der Waals surface area contributed by atoms with Gasteiger partial charge >= 0.3 is 0 Å². The largest absolute Gasteiger partial charge is 0.292 e. The van der Waals surface area contributed by atoms with Crippen molar-refractivity contribution >= 4 is 11.9 Å². The average Bonchev–Trinajstić information content (AvgIpc) is 2.53. The van der Waals surface area contributed by atoms with Gasteiger partial charge in [0, 0.05) is 41.2 Å². The lowest BCUT2D eigenvalue weighted by Crippen LogP contribution is -2.24. The Hall–Kier alpha value is -3.42. The SMILES string of the molecule is Cc1cc(C)nc(NC(=O)c2cn(-c3nc(C)cc(C)n3)ccc2=O)n1. The number of aryl methyl sites for hydroxylation is 4. The summed E-state index contributed by atoms with van der Waals surface area (Å²) < 4.78 is 1.54. The second-order valence-corrected chi connectivity index (χ2v) is 6.01. The summed E-state index contributed by atoms with van der Waals surface area (Å²) in [5.74, 6) is -0.0390. The number of aromatic nitrogens is 5. The summed E-state index contributed by atoms with van der Waals surface area (Å²) in [5, 5.41) is 2.57. The molecule has 0 saturated heterocycles. The highest BCUT2D eigenvalue weighted by Gasteiger charge is 2.14. The van der Waals surface area contributed by atoms with Crippen LogP contribution in [0.5, 0.6) is 0 Å². The van der Waals surface area contributed by atoms with Crippen molar-refractivity contribution in [3.63, 3.8) is 0 Å². The Morgan fingerprint density at radius 1 is 0.923 bits per heavy atom. The molecule has 26 heavy (non-hydrogen) atoms. The van der Waals surface area contributed by atoms with Crippen molar-refractivity contribution in [3.05, 3.63) is 69.2 Å². The van der Waals surface area contributed by atoms with Crippen LogP contribution >= 0.6 is 0 Å². The normalized spacial score (nSPS) is 10.6. The van der Waals surface area contributed by atoms with E-state index in [1.54, 1.807) is 24.5 Å². The van der Waals surface area contributed by atoms with Crippen LogP contribution in [0.25, 0.3) is 5.95 Å². The van der Waals surface area contributed by atoms with Gasteiger partial charge in [-0.15, -0.1) is 0 Å². The Morgan fingerprint density at radius 3 is 2.04 bits per heavy atom. The number of hydrogen-bond acceptors (Lipinski definition) is 6. The molecule has 0 fully saturated rings. The fourth-order valence-electron chi connectivity index (χ4n) is 2.55. The number of anilines is 1. The van der Waals surface area contributed by atoms with Crippen LogP contribution in [0.4, 0.5) is 5.95 Å². The van der Waals surface area contributed by atoms with Crippen LogP contribution in [0.3, 0.4) is 0 Å². The van der Waals surface area contributed by atoms with E-state index in [9.17, 15) is 9.59 Å². The number of amides is 1. The number of nitrogens with zero attached hydrogens (tertiary/aromatic N) is 5. The third-order valence-electron chi connectivity index (χ3n) is 3.57. The highest BCUT2D eigenvalue weighted by Crippen LogP contribution is 2.08. The van der Waals surface area contributed by atoms with Gasteiger partial charge in [0.25, 0.3) is 5.91 Å². The highest BCUT2D eigenvalue weighted by molar-refractivity contribution is 6.03. The van der Waals surface area contributed by atoms with E-state index in [1.807, 2.05) is 19.9 Å². The number of hydrogen-bond donors (Lipinski definition) is 1. The number of nitrogens with one attached hydrogen (secondary N) is 1. The second kappa shape index (κ2) is 6.83. The van der Waals surface area contributed by atoms with E-state index in [1.165, 1.54) is 18.5 Å².